The van der Waals surface area contributed by atoms with E-state index in [2.05, 4.69) is 0 Å². The normalized spacial score (nSPS) is 7.55. The average Bonchev–Trinajstić information content (AvgIpc) is 1.19. The SMILES string of the molecule is O=P([O-])([O-])[O-].O=[Si]([O-])[O-].[Al+3].[Mg+2]. The van der Waals surface area contributed by atoms with Crippen molar-refractivity contribution in [1.82, 2.24) is 0 Å². The Bertz CT molecular complexity index is 118. The predicted molar refractivity (Wildman–Crippen MR) is 25.6 cm³/mol. The van der Waals surface area contributed by atoms with Crippen LogP contribution in [0.3, 0.4) is 0 Å². The Morgan fingerprint density at radius 2 is 1.09 bits per heavy atom. The fraction of sp³-hybridized carbons (Fsp3) is 0. The summed E-state index contributed by atoms with van der Waals surface area (Å²) in [5, 5.41) is 0. The van der Waals surface area contributed by atoms with Crippen LogP contribution in [0, 0.1) is 0 Å². The van der Waals surface area contributed by atoms with Crippen LogP contribution < -0.4 is 24.3 Å². The van der Waals surface area contributed by atoms with Gasteiger partial charge in [-0.1, -0.05) is 0 Å². The quantitative estimate of drug-likeness (QED) is 0.292. The van der Waals surface area contributed by atoms with Gasteiger partial charge in [0.2, 0.25) is 0 Å². The summed E-state index contributed by atoms with van der Waals surface area (Å²) in [5.41, 5.74) is 0. The third kappa shape index (κ3) is 854. The molecule has 0 saturated heterocycles. The topological polar surface area (TPSA) is 149 Å². The van der Waals surface area contributed by atoms with Crippen molar-refractivity contribution in [2.75, 3.05) is 0 Å². The van der Waals surface area contributed by atoms with Gasteiger partial charge in [-0.3, -0.25) is 0 Å². The van der Waals surface area contributed by atoms with Crippen LogP contribution in [0.1, 0.15) is 0 Å². The van der Waals surface area contributed by atoms with E-state index in [1.165, 1.54) is 0 Å². The molecular weight excluding hydrogens is 222 g/mol. The molecule has 11 heavy (non-hydrogen) atoms. The van der Waals surface area contributed by atoms with Gasteiger partial charge in [-0.15, -0.1) is 0 Å². The smallest absolute Gasteiger partial charge is 0.822 e. The summed E-state index contributed by atoms with van der Waals surface area (Å²) < 4.78 is 17.1. The summed E-state index contributed by atoms with van der Waals surface area (Å²) in [7, 11) is -9.02. The monoisotopic (exact) mass is 222 g/mol. The van der Waals surface area contributed by atoms with Gasteiger partial charge in [0.25, 0.3) is 0 Å². The summed E-state index contributed by atoms with van der Waals surface area (Å²) in [6.07, 6.45) is 0. The van der Waals surface area contributed by atoms with Gasteiger partial charge in [-0.05, 0) is 0 Å². The van der Waals surface area contributed by atoms with Crippen LogP contribution in [0.4, 0.5) is 0 Å². The molecule has 0 fully saturated rings. The Morgan fingerprint density at radius 3 is 1.09 bits per heavy atom. The Balaban J connectivity index is -0.0000000383. The van der Waals surface area contributed by atoms with Gasteiger partial charge >= 0.3 is 40.4 Å². The van der Waals surface area contributed by atoms with Crippen molar-refractivity contribution in [3.05, 3.63) is 0 Å². The minimum atomic E-state index is -5.39. The van der Waals surface area contributed by atoms with Crippen LogP contribution in [0.25, 0.3) is 0 Å². The molecule has 0 unspecified atom stereocenters. The van der Waals surface area contributed by atoms with Crippen LogP contribution in [0.5, 0.6) is 0 Å². The van der Waals surface area contributed by atoms with Crippen LogP contribution in [-0.2, 0) is 9.03 Å². The van der Waals surface area contributed by atoms with Gasteiger partial charge in [0.05, 0.1) is 0 Å². The molecule has 0 bridgehead atoms. The summed E-state index contributed by atoms with van der Waals surface area (Å²) >= 11 is 0. The molecular formula is AlMgO7PSi. The second-order valence-electron chi connectivity index (χ2n) is 0.697. The minimum Gasteiger partial charge on any atom is -0.822 e. The molecule has 0 aliphatic heterocycles. The van der Waals surface area contributed by atoms with Crippen molar-refractivity contribution in [2.45, 2.75) is 0 Å². The molecule has 0 rings (SSSR count). The van der Waals surface area contributed by atoms with E-state index in [9.17, 15) is 0 Å². The third-order valence-corrected chi connectivity index (χ3v) is 0. The first-order valence-corrected chi connectivity index (χ1v) is 4.03. The Kier molecular flexibility index (Phi) is 22.7. The number of phosphoric acid groups is 1. The fourth-order valence-corrected chi connectivity index (χ4v) is 0. The second-order valence-corrected chi connectivity index (χ2v) is 2.09. The van der Waals surface area contributed by atoms with Gasteiger partial charge < -0.3 is 33.3 Å². The van der Waals surface area contributed by atoms with Gasteiger partial charge in [0.15, 0.2) is 0 Å². The Labute approximate surface area is 90.5 Å². The van der Waals surface area contributed by atoms with E-state index in [0.717, 1.165) is 0 Å². The first kappa shape index (κ1) is 22.7. The molecule has 56 valence electrons. The largest absolute Gasteiger partial charge is 3.00 e. The van der Waals surface area contributed by atoms with Crippen LogP contribution in [0.2, 0.25) is 0 Å². The first-order valence-electron chi connectivity index (χ1n) is 1.34. The fourth-order valence-electron chi connectivity index (χ4n) is 0. The maximum Gasteiger partial charge on any atom is 3.00 e. The van der Waals surface area contributed by atoms with Crippen molar-refractivity contribution >= 4 is 57.4 Å². The van der Waals surface area contributed by atoms with E-state index in [4.69, 9.17) is 33.3 Å². The molecule has 0 atom stereocenters. The predicted octanol–water partition coefficient (Wildman–Crippen LogP) is -6.46. The molecule has 7 nitrogen and oxygen atoms in total. The van der Waals surface area contributed by atoms with E-state index in [1.54, 1.807) is 0 Å². The van der Waals surface area contributed by atoms with E-state index < -0.39 is 17.0 Å². The van der Waals surface area contributed by atoms with Crippen molar-refractivity contribution < 1.29 is 33.3 Å². The molecule has 0 aliphatic rings. The maximum atomic E-state index is 8.55. The molecule has 0 aromatic heterocycles. The van der Waals surface area contributed by atoms with Crippen molar-refractivity contribution in [1.29, 1.82) is 0 Å². The zero-order valence-corrected chi connectivity index (χ0v) is 9.55. The summed E-state index contributed by atoms with van der Waals surface area (Å²) in [4.78, 5) is 42.7. The molecule has 0 spiro atoms. The molecule has 0 amide bonds. The maximum absolute atomic E-state index is 8.55. The molecule has 0 saturated carbocycles. The van der Waals surface area contributed by atoms with Gasteiger partial charge in [-0.25, -0.2) is 0 Å². The zero-order valence-electron chi connectivity index (χ0n) is 5.09. The van der Waals surface area contributed by atoms with E-state index in [0.29, 0.717) is 0 Å². The summed E-state index contributed by atoms with van der Waals surface area (Å²) in [6, 6.07) is 0. The molecule has 0 aromatic rings. The molecule has 11 heteroatoms. The van der Waals surface area contributed by atoms with Crippen LogP contribution in [-0.4, -0.2) is 49.6 Å². The average molecular weight is 222 g/mol. The number of rotatable bonds is 0. The molecule has 0 aliphatic carbocycles. The number of hydrogen-bond acceptors (Lipinski definition) is 7. The molecule has 0 N–H and O–H groups in total. The van der Waals surface area contributed by atoms with Crippen molar-refractivity contribution in [3.8, 4) is 0 Å². The third-order valence-electron chi connectivity index (χ3n) is 0. The van der Waals surface area contributed by atoms with E-state index >= 15 is 0 Å². The van der Waals surface area contributed by atoms with E-state index in [-0.39, 0.29) is 40.4 Å². The standard InChI is InChI=1S/Al.Mg.H3O4P.O3Si/c;;1-5(2,3)4;1-4(2)3/h;;(H3,1,2,3,4);/q+3;+2;;-2/p-3. The van der Waals surface area contributed by atoms with Gasteiger partial charge in [-0.2, -0.15) is 7.82 Å². The first-order chi connectivity index (χ1) is 3.73. The molecule has 0 heterocycles. The Morgan fingerprint density at radius 1 is 1.09 bits per heavy atom. The zero-order chi connectivity index (χ0) is 8.08. The second kappa shape index (κ2) is 11.0. The number of hydrogen-bond donors (Lipinski definition) is 0. The van der Waals surface area contributed by atoms with Crippen LogP contribution in [0.15, 0.2) is 0 Å². The van der Waals surface area contributed by atoms with Gasteiger partial charge in [0.1, 0.15) is 0 Å². The van der Waals surface area contributed by atoms with Gasteiger partial charge in [0, 0.05) is 9.17 Å². The minimum absolute atomic E-state index is 0. The molecule has 0 radical (unpaired) electrons. The Hall–Kier alpha value is 1.03. The van der Waals surface area contributed by atoms with Crippen molar-refractivity contribution in [2.24, 2.45) is 0 Å². The summed E-state index contributed by atoms with van der Waals surface area (Å²) in [5.74, 6) is 0. The van der Waals surface area contributed by atoms with E-state index in [1.807, 2.05) is 0 Å². The summed E-state index contributed by atoms with van der Waals surface area (Å²) in [6.45, 7) is 0. The van der Waals surface area contributed by atoms with Crippen molar-refractivity contribution in [3.63, 3.8) is 0 Å². The van der Waals surface area contributed by atoms with Crippen LogP contribution >= 0.6 is 7.82 Å². The molecule has 0 aromatic carbocycles.